The van der Waals surface area contributed by atoms with Gasteiger partial charge in [-0.15, -0.1) is 0 Å². The number of aliphatic hydroxyl groups excluding tert-OH is 4. The second kappa shape index (κ2) is 9.30. The van der Waals surface area contributed by atoms with E-state index < -0.39 is 49.3 Å². The summed E-state index contributed by atoms with van der Waals surface area (Å²) < 4.78 is 4.67. The van der Waals surface area contributed by atoms with Crippen LogP contribution < -0.4 is 5.73 Å². The molecule has 0 amide bonds. The monoisotopic (exact) mass is 343 g/mol. The molecule has 1 aromatic carbocycles. The van der Waals surface area contributed by atoms with Gasteiger partial charge >= 0.3 is 5.97 Å². The molecule has 4 atom stereocenters. The van der Waals surface area contributed by atoms with Gasteiger partial charge in [0.2, 0.25) is 5.78 Å². The lowest BCUT2D eigenvalue weighted by Gasteiger charge is -2.20. The van der Waals surface area contributed by atoms with Gasteiger partial charge in [-0.25, -0.2) is 0 Å². The molecule has 0 bridgehead atoms. The van der Waals surface area contributed by atoms with Crippen molar-refractivity contribution >= 4 is 11.8 Å². The lowest BCUT2D eigenvalue weighted by molar-refractivity contribution is -0.156. The van der Waals surface area contributed by atoms with Crippen LogP contribution in [0.2, 0.25) is 0 Å². The van der Waals surface area contributed by atoms with E-state index in [0.29, 0.717) is 5.56 Å². The molecular weight excluding hydrogens is 322 g/mol. The molecule has 0 unspecified atom stereocenters. The van der Waals surface area contributed by atoms with Crippen molar-refractivity contribution in [2.45, 2.75) is 30.8 Å². The quantitative estimate of drug-likeness (QED) is 0.264. The third kappa shape index (κ3) is 5.87. The van der Waals surface area contributed by atoms with Crippen LogP contribution in [0.1, 0.15) is 5.56 Å². The number of aromatic hydroxyl groups is 1. The van der Waals surface area contributed by atoms with Gasteiger partial charge in [0.1, 0.15) is 30.1 Å². The third-order valence-electron chi connectivity index (χ3n) is 3.29. The number of carbonyl (C=O) groups is 2. The second-order valence-electron chi connectivity index (χ2n) is 5.24. The number of benzene rings is 1. The van der Waals surface area contributed by atoms with E-state index in [2.05, 4.69) is 4.74 Å². The van der Waals surface area contributed by atoms with Gasteiger partial charge in [0, 0.05) is 0 Å². The van der Waals surface area contributed by atoms with Crippen LogP contribution in [0.25, 0.3) is 0 Å². The van der Waals surface area contributed by atoms with E-state index in [9.17, 15) is 19.8 Å². The minimum Gasteiger partial charge on any atom is -0.508 e. The van der Waals surface area contributed by atoms with Crippen molar-refractivity contribution in [3.05, 3.63) is 29.8 Å². The Balaban J connectivity index is 2.46. The summed E-state index contributed by atoms with van der Waals surface area (Å²) >= 11 is 0. The summed E-state index contributed by atoms with van der Waals surface area (Å²) in [4.78, 5) is 23.3. The second-order valence-corrected chi connectivity index (χ2v) is 5.24. The number of ether oxygens (including phenoxy) is 1. The highest BCUT2D eigenvalue weighted by Gasteiger charge is 2.30. The minimum absolute atomic E-state index is 0.0677. The van der Waals surface area contributed by atoms with Crippen molar-refractivity contribution in [2.75, 3.05) is 13.2 Å². The van der Waals surface area contributed by atoms with E-state index in [-0.39, 0.29) is 12.2 Å². The maximum Gasteiger partial charge on any atom is 0.323 e. The van der Waals surface area contributed by atoms with Crippen molar-refractivity contribution in [1.29, 1.82) is 0 Å². The first-order chi connectivity index (χ1) is 11.3. The average molecular weight is 343 g/mol. The topological polar surface area (TPSA) is 171 Å². The van der Waals surface area contributed by atoms with Crippen LogP contribution in [-0.4, -0.2) is 74.9 Å². The molecule has 1 rings (SSSR count). The minimum atomic E-state index is -2.01. The standard InChI is InChI=1S/C15H21NO8/c16-10(5-8-1-3-9(18)4-2-8)15(23)24-7-12(20)14(22)13(21)11(19)6-17/h1-4,10-11,13-14,17-19,21-22H,5-7,16H2/t10-,11+,13+,14+/m0/s1. The van der Waals surface area contributed by atoms with E-state index in [4.69, 9.17) is 21.1 Å². The fraction of sp³-hybridized carbons (Fsp3) is 0.467. The van der Waals surface area contributed by atoms with E-state index in [1.54, 1.807) is 12.1 Å². The Bertz CT molecular complexity index is 547. The first kappa shape index (κ1) is 20.0. The Labute approximate surface area is 137 Å². The number of rotatable bonds is 9. The summed E-state index contributed by atoms with van der Waals surface area (Å²) in [6.07, 6.45) is -5.49. The summed E-state index contributed by atoms with van der Waals surface area (Å²) in [6, 6.07) is 4.95. The zero-order valence-corrected chi connectivity index (χ0v) is 12.8. The summed E-state index contributed by atoms with van der Waals surface area (Å²) in [6.45, 7) is -1.68. The van der Waals surface area contributed by atoms with E-state index >= 15 is 0 Å². The molecular formula is C15H21NO8. The van der Waals surface area contributed by atoms with E-state index in [0.717, 1.165) is 0 Å². The van der Waals surface area contributed by atoms with Crippen LogP contribution in [0.3, 0.4) is 0 Å². The van der Waals surface area contributed by atoms with Crippen molar-refractivity contribution in [3.8, 4) is 5.75 Å². The predicted octanol–water partition coefficient (Wildman–Crippen LogP) is -2.55. The molecule has 0 saturated carbocycles. The number of nitrogens with two attached hydrogens (primary N) is 1. The Hall–Kier alpha value is -2.04. The van der Waals surface area contributed by atoms with E-state index in [1.165, 1.54) is 12.1 Å². The molecule has 9 nitrogen and oxygen atoms in total. The number of hydrogen-bond acceptors (Lipinski definition) is 9. The number of esters is 1. The largest absolute Gasteiger partial charge is 0.508 e. The number of Topliss-reactive ketones (excluding diaryl/α,β-unsaturated/α-hetero) is 1. The predicted molar refractivity (Wildman–Crippen MR) is 80.9 cm³/mol. The molecule has 0 fully saturated rings. The van der Waals surface area contributed by atoms with Gasteiger partial charge in [-0.05, 0) is 24.1 Å². The third-order valence-corrected chi connectivity index (χ3v) is 3.29. The van der Waals surface area contributed by atoms with Gasteiger partial charge in [-0.3, -0.25) is 9.59 Å². The molecule has 0 spiro atoms. The number of aliphatic hydroxyl groups is 4. The summed E-state index contributed by atoms with van der Waals surface area (Å²) in [5.74, 6) is -1.86. The Morgan fingerprint density at radius 2 is 1.71 bits per heavy atom. The smallest absolute Gasteiger partial charge is 0.323 e. The molecule has 0 aromatic heterocycles. The molecule has 0 aliphatic heterocycles. The molecule has 0 radical (unpaired) electrons. The summed E-state index contributed by atoms with van der Waals surface area (Å²) in [5.41, 5.74) is 6.32. The fourth-order valence-corrected chi connectivity index (χ4v) is 1.81. The van der Waals surface area contributed by atoms with Gasteiger partial charge in [0.25, 0.3) is 0 Å². The Morgan fingerprint density at radius 3 is 2.25 bits per heavy atom. The molecule has 24 heavy (non-hydrogen) atoms. The molecule has 0 heterocycles. The van der Waals surface area contributed by atoms with Crippen molar-refractivity contribution < 1.29 is 39.9 Å². The van der Waals surface area contributed by atoms with Gasteiger partial charge in [0.05, 0.1) is 6.61 Å². The number of carbonyl (C=O) groups excluding carboxylic acids is 2. The van der Waals surface area contributed by atoms with Crippen LogP contribution in [-0.2, 0) is 20.7 Å². The van der Waals surface area contributed by atoms with Crippen LogP contribution in [0.5, 0.6) is 5.75 Å². The number of phenolic OH excluding ortho intramolecular Hbond substituents is 1. The highest BCUT2D eigenvalue weighted by Crippen LogP contribution is 2.11. The number of ketones is 1. The molecule has 0 aliphatic carbocycles. The van der Waals surface area contributed by atoms with Crippen LogP contribution in [0.15, 0.2) is 24.3 Å². The molecule has 9 heteroatoms. The lowest BCUT2D eigenvalue weighted by Crippen LogP contribution is -2.45. The number of phenols is 1. The van der Waals surface area contributed by atoms with Crippen LogP contribution in [0.4, 0.5) is 0 Å². The normalized spacial score (nSPS) is 16.0. The van der Waals surface area contributed by atoms with Gasteiger partial charge < -0.3 is 36.0 Å². The summed E-state index contributed by atoms with van der Waals surface area (Å²) in [5, 5.41) is 45.8. The van der Waals surface area contributed by atoms with Crippen LogP contribution in [0, 0.1) is 0 Å². The zero-order chi connectivity index (χ0) is 18.3. The molecule has 0 saturated heterocycles. The van der Waals surface area contributed by atoms with Gasteiger partial charge in [-0.1, -0.05) is 12.1 Å². The molecule has 1 aromatic rings. The average Bonchev–Trinajstić information content (AvgIpc) is 2.58. The van der Waals surface area contributed by atoms with Crippen molar-refractivity contribution in [2.24, 2.45) is 5.73 Å². The molecule has 0 aliphatic rings. The van der Waals surface area contributed by atoms with E-state index in [1.807, 2.05) is 0 Å². The van der Waals surface area contributed by atoms with Crippen molar-refractivity contribution in [3.63, 3.8) is 0 Å². The molecule has 134 valence electrons. The fourth-order valence-electron chi connectivity index (χ4n) is 1.81. The Morgan fingerprint density at radius 1 is 1.12 bits per heavy atom. The van der Waals surface area contributed by atoms with Crippen molar-refractivity contribution in [1.82, 2.24) is 0 Å². The Kier molecular flexibility index (Phi) is 7.75. The summed E-state index contributed by atoms with van der Waals surface area (Å²) in [7, 11) is 0. The van der Waals surface area contributed by atoms with Crippen LogP contribution >= 0.6 is 0 Å². The number of hydrogen-bond donors (Lipinski definition) is 6. The highest BCUT2D eigenvalue weighted by molar-refractivity contribution is 5.87. The SMILES string of the molecule is N[C@@H](Cc1ccc(O)cc1)C(=O)OCC(=O)[C@@H](O)[C@H](O)[C@H](O)CO. The maximum absolute atomic E-state index is 11.7. The first-order valence-electron chi connectivity index (χ1n) is 7.14. The van der Waals surface area contributed by atoms with Gasteiger partial charge in [0.15, 0.2) is 6.61 Å². The maximum atomic E-state index is 11.7. The first-order valence-corrected chi connectivity index (χ1v) is 7.14. The molecule has 7 N–H and O–H groups in total. The highest BCUT2D eigenvalue weighted by atomic mass is 16.5. The van der Waals surface area contributed by atoms with Gasteiger partial charge in [-0.2, -0.15) is 0 Å². The zero-order valence-electron chi connectivity index (χ0n) is 12.8. The lowest BCUT2D eigenvalue weighted by atomic mass is 10.1.